The Balaban J connectivity index is 0.000000255. The summed E-state index contributed by atoms with van der Waals surface area (Å²) in [5.74, 6) is 2.05. The molecule has 2 fully saturated rings. The number of hydrogen-bond donors (Lipinski definition) is 2. The van der Waals surface area contributed by atoms with Gasteiger partial charge in [0.25, 0.3) is 11.8 Å². The average molecular weight is 835 g/mol. The summed E-state index contributed by atoms with van der Waals surface area (Å²) in [6.07, 6.45) is 7.38. The number of carboxylic acid groups (broad SMARTS) is 1. The van der Waals surface area contributed by atoms with Gasteiger partial charge in [-0.1, -0.05) is 56.0 Å². The first-order valence-electron chi connectivity index (χ1n) is 20.2. The van der Waals surface area contributed by atoms with Gasteiger partial charge in [-0.25, -0.2) is 9.97 Å². The SMILES string of the molecule is C.CC(C)(O)CCC(=O)C1CCN(Cc2ccc([C@H]3COc4cccnc4O3)cc2)CC1.O=C(O)C1CCN(Cc2ccc([C@H]3COc4cccnc4O3)cc2)CC1.[H-].[K+]. The molecule has 0 bridgehead atoms. The molecule has 312 valence electrons. The minimum absolute atomic E-state index is 0. The van der Waals surface area contributed by atoms with Crippen molar-refractivity contribution in [2.24, 2.45) is 11.8 Å². The Kier molecular flexibility index (Phi) is 17.3. The molecule has 13 heteroatoms. The Morgan fingerprint density at radius 1 is 0.712 bits per heavy atom. The number of aliphatic carboxylic acids is 1. The monoisotopic (exact) mass is 834 g/mol. The summed E-state index contributed by atoms with van der Waals surface area (Å²) in [5, 5.41) is 18.9. The van der Waals surface area contributed by atoms with Gasteiger partial charge in [-0.05, 0) is 119 Å². The molecule has 12 nitrogen and oxygen atoms in total. The van der Waals surface area contributed by atoms with Crippen LogP contribution in [-0.2, 0) is 22.7 Å². The first-order valence-corrected chi connectivity index (χ1v) is 20.2. The number of Topliss-reactive ketones (excluding diaryl/α,β-unsaturated/α-hetero) is 1. The molecule has 4 aliphatic rings. The number of carbonyl (C=O) groups excluding carboxylic acids is 1. The predicted octanol–water partition coefficient (Wildman–Crippen LogP) is 4.57. The summed E-state index contributed by atoms with van der Waals surface area (Å²) in [6.45, 7) is 9.74. The van der Waals surface area contributed by atoms with Gasteiger partial charge in [-0.2, -0.15) is 0 Å². The van der Waals surface area contributed by atoms with E-state index in [1.165, 1.54) is 11.1 Å². The van der Waals surface area contributed by atoms with E-state index in [2.05, 4.69) is 68.3 Å². The van der Waals surface area contributed by atoms with Crippen LogP contribution in [0.1, 0.15) is 95.7 Å². The van der Waals surface area contributed by atoms with Crippen LogP contribution in [0.25, 0.3) is 0 Å². The van der Waals surface area contributed by atoms with E-state index in [4.69, 9.17) is 24.1 Å². The van der Waals surface area contributed by atoms with Crippen LogP contribution in [-0.4, -0.2) is 86.7 Å². The van der Waals surface area contributed by atoms with Gasteiger partial charge in [-0.15, -0.1) is 0 Å². The van der Waals surface area contributed by atoms with Gasteiger partial charge in [-0.3, -0.25) is 19.4 Å². The minimum Gasteiger partial charge on any atom is -1.00 e. The van der Waals surface area contributed by atoms with Crippen molar-refractivity contribution in [3.63, 3.8) is 0 Å². The minimum atomic E-state index is -0.767. The zero-order valence-corrected chi connectivity index (χ0v) is 37.0. The zero-order valence-electron chi connectivity index (χ0n) is 34.9. The van der Waals surface area contributed by atoms with Crippen molar-refractivity contribution in [3.05, 3.63) is 107 Å². The van der Waals surface area contributed by atoms with E-state index in [1.54, 1.807) is 26.2 Å². The molecule has 4 aliphatic heterocycles. The second-order valence-corrected chi connectivity index (χ2v) is 16.1. The Hall–Kier alpha value is -3.40. The number of pyridine rings is 2. The fourth-order valence-electron chi connectivity index (χ4n) is 7.72. The molecule has 0 radical (unpaired) electrons. The largest absolute Gasteiger partial charge is 1.00 e. The van der Waals surface area contributed by atoms with Crippen molar-refractivity contribution < 1.29 is 91.6 Å². The number of carbonyl (C=O) groups is 2. The summed E-state index contributed by atoms with van der Waals surface area (Å²) < 4.78 is 23.4. The van der Waals surface area contributed by atoms with Crippen LogP contribution in [0.3, 0.4) is 0 Å². The molecule has 0 spiro atoms. The third-order valence-corrected chi connectivity index (χ3v) is 11.2. The standard InChI is InChI=1S/C25H32N2O4.C20H22N2O4.CH4.K.H/c1-25(2,29)12-9-21(28)19-10-14-27(15-11-19)16-18-5-7-20(8-6-18)23-17-30-22-4-3-13-26-24(22)31-23;23-20(24)16-7-10-22(11-8-16)12-14-3-5-15(6-4-14)18-13-25-17-2-1-9-21-19(17)26-18;;;/h3-8,13,19,23,29H,9-12,14-17H2,1-2H3;1-6,9,16,18H,7-8,10-13H2,(H,23,24);1H4;;/q;;;+1;-1/t23-;18-;;;/m11.../s1. The summed E-state index contributed by atoms with van der Waals surface area (Å²) in [4.78, 5) is 36.6. The van der Waals surface area contributed by atoms with Gasteiger partial charge in [0.05, 0.1) is 11.5 Å². The Bertz CT molecular complexity index is 1950. The number of hydrogen-bond acceptors (Lipinski definition) is 11. The van der Waals surface area contributed by atoms with Gasteiger partial charge < -0.3 is 30.6 Å². The summed E-state index contributed by atoms with van der Waals surface area (Å²) in [6, 6.07) is 24.2. The van der Waals surface area contributed by atoms with Gasteiger partial charge in [0.1, 0.15) is 19.0 Å². The number of piperidine rings is 2. The van der Waals surface area contributed by atoms with Crippen LogP contribution in [0.4, 0.5) is 0 Å². The number of nitrogens with zero attached hydrogens (tertiary/aromatic N) is 4. The number of ether oxygens (including phenoxy) is 4. The number of carboxylic acids is 1. The van der Waals surface area contributed by atoms with E-state index in [1.807, 2.05) is 24.3 Å². The van der Waals surface area contributed by atoms with Crippen LogP contribution in [0, 0.1) is 11.8 Å². The second-order valence-electron chi connectivity index (χ2n) is 16.1. The summed E-state index contributed by atoms with van der Waals surface area (Å²) >= 11 is 0. The van der Waals surface area contributed by atoms with Crippen molar-refractivity contribution in [2.75, 3.05) is 39.4 Å². The van der Waals surface area contributed by atoms with Crippen LogP contribution in [0.2, 0.25) is 0 Å². The van der Waals surface area contributed by atoms with E-state index in [0.717, 1.165) is 76.1 Å². The topological polar surface area (TPSA) is 144 Å². The molecule has 4 aromatic rings. The molecular weight excluding hydrogens is 776 g/mol. The molecule has 59 heavy (non-hydrogen) atoms. The van der Waals surface area contributed by atoms with Crippen molar-refractivity contribution in [3.8, 4) is 23.3 Å². The van der Waals surface area contributed by atoms with E-state index in [-0.39, 0.29) is 84.3 Å². The predicted molar refractivity (Wildman–Crippen MR) is 221 cm³/mol. The van der Waals surface area contributed by atoms with Crippen LogP contribution in [0.15, 0.2) is 85.2 Å². The van der Waals surface area contributed by atoms with Crippen LogP contribution in [0.5, 0.6) is 23.3 Å². The van der Waals surface area contributed by atoms with Crippen LogP contribution >= 0.6 is 0 Å². The number of likely N-dealkylation sites (tertiary alicyclic amines) is 2. The summed E-state index contributed by atoms with van der Waals surface area (Å²) in [5.41, 5.74) is 3.85. The van der Waals surface area contributed by atoms with E-state index in [9.17, 15) is 14.7 Å². The Labute approximate surface area is 392 Å². The number of aliphatic hydroxyl groups is 1. The number of benzene rings is 2. The average Bonchev–Trinajstić information content (AvgIpc) is 3.23. The molecule has 0 unspecified atom stereocenters. The van der Waals surface area contributed by atoms with Crippen molar-refractivity contribution in [2.45, 2.75) is 90.7 Å². The van der Waals surface area contributed by atoms with Crippen molar-refractivity contribution >= 4 is 11.8 Å². The molecule has 2 N–H and O–H groups in total. The first-order chi connectivity index (χ1) is 27.6. The van der Waals surface area contributed by atoms with Gasteiger partial charge in [0.2, 0.25) is 0 Å². The Morgan fingerprint density at radius 3 is 1.54 bits per heavy atom. The molecule has 2 saturated heterocycles. The molecule has 2 aromatic carbocycles. The molecule has 2 atom stereocenters. The maximum absolute atomic E-state index is 12.4. The quantitative estimate of drug-likeness (QED) is 0.205. The fraction of sp³-hybridized carbons (Fsp3) is 0.478. The molecule has 0 saturated carbocycles. The third-order valence-electron chi connectivity index (χ3n) is 11.2. The van der Waals surface area contributed by atoms with E-state index < -0.39 is 11.6 Å². The Morgan fingerprint density at radius 2 is 1.14 bits per heavy atom. The molecule has 0 aliphatic carbocycles. The molecule has 0 amide bonds. The maximum atomic E-state index is 12.4. The second kappa shape index (κ2) is 21.9. The third kappa shape index (κ3) is 13.3. The fourth-order valence-corrected chi connectivity index (χ4v) is 7.72. The van der Waals surface area contributed by atoms with E-state index >= 15 is 0 Å². The van der Waals surface area contributed by atoms with Crippen molar-refractivity contribution in [1.82, 2.24) is 19.8 Å². The van der Waals surface area contributed by atoms with Gasteiger partial charge in [0.15, 0.2) is 23.7 Å². The molecular formula is C46H59KN4O8. The molecule has 6 heterocycles. The van der Waals surface area contributed by atoms with Gasteiger partial charge in [0, 0.05) is 37.8 Å². The summed E-state index contributed by atoms with van der Waals surface area (Å²) in [7, 11) is 0. The van der Waals surface area contributed by atoms with Gasteiger partial charge >= 0.3 is 57.4 Å². The van der Waals surface area contributed by atoms with Crippen LogP contribution < -0.4 is 70.3 Å². The number of aromatic nitrogens is 2. The maximum Gasteiger partial charge on any atom is 1.00 e. The smallest absolute Gasteiger partial charge is 1.00 e. The normalized spacial score (nSPS) is 19.6. The number of ketones is 1. The van der Waals surface area contributed by atoms with Crippen molar-refractivity contribution in [1.29, 1.82) is 0 Å². The number of fused-ring (bicyclic) bond motifs is 2. The van der Waals surface area contributed by atoms with E-state index in [0.29, 0.717) is 55.1 Å². The molecule has 8 rings (SSSR count). The number of rotatable bonds is 11. The zero-order chi connectivity index (χ0) is 39.8. The first kappa shape index (κ1) is 46.7. The molecule has 2 aromatic heterocycles.